The molecule has 4 rings (SSSR count). The van der Waals surface area contributed by atoms with Crippen LogP contribution in [0, 0.1) is 0 Å². The van der Waals surface area contributed by atoms with Gasteiger partial charge >= 0.3 is 5.97 Å². The van der Waals surface area contributed by atoms with Gasteiger partial charge in [-0.2, -0.15) is 0 Å². The monoisotopic (exact) mass is 391 g/mol. The molecule has 0 atom stereocenters. The van der Waals surface area contributed by atoms with Crippen molar-refractivity contribution >= 4 is 28.2 Å². The highest BCUT2D eigenvalue weighted by Gasteiger charge is 2.22. The Balaban J connectivity index is 1.75. The minimum atomic E-state index is -0.328. The Morgan fingerprint density at radius 2 is 1.90 bits per heavy atom. The first kappa shape index (κ1) is 19.4. The Bertz CT molecular complexity index is 1020. The molecule has 0 bridgehead atoms. The number of esters is 1. The van der Waals surface area contributed by atoms with Crippen molar-refractivity contribution in [1.82, 2.24) is 4.57 Å². The van der Waals surface area contributed by atoms with E-state index in [1.54, 1.807) is 0 Å². The molecular weight excluding hydrogens is 362 g/mol. The molecule has 0 spiro atoms. The van der Waals surface area contributed by atoms with Gasteiger partial charge in [0.2, 0.25) is 0 Å². The molecule has 5 nitrogen and oxygen atoms in total. The Hall–Kier alpha value is -2.95. The topological polar surface area (TPSA) is 60.5 Å². The lowest BCUT2D eigenvalue weighted by Gasteiger charge is -2.33. The summed E-state index contributed by atoms with van der Waals surface area (Å²) in [4.78, 5) is 14.9. The molecule has 0 aliphatic heterocycles. The van der Waals surface area contributed by atoms with Gasteiger partial charge in [0.15, 0.2) is 0 Å². The minimum Gasteiger partial charge on any atom is -0.461 e. The van der Waals surface area contributed by atoms with Gasteiger partial charge in [-0.1, -0.05) is 37.5 Å². The standard InChI is InChI=1S/C24H29N3O2/c1-3-29-24(28)23-15-17-9-7-8-12-21(17)27(23)19-13-14-22(20(25)16-19)26(2)18-10-5-4-6-11-18/h7-9,12-16,18H,3-6,10-11,25H2,1-2H3. The summed E-state index contributed by atoms with van der Waals surface area (Å²) in [6.45, 7) is 2.16. The fourth-order valence-corrected chi connectivity index (χ4v) is 4.46. The number of anilines is 2. The summed E-state index contributed by atoms with van der Waals surface area (Å²) in [5, 5.41) is 0.998. The maximum Gasteiger partial charge on any atom is 0.355 e. The van der Waals surface area contributed by atoms with Gasteiger partial charge in [-0.25, -0.2) is 4.79 Å². The smallest absolute Gasteiger partial charge is 0.355 e. The Labute approximate surface area is 172 Å². The van der Waals surface area contributed by atoms with Crippen molar-refractivity contribution in [3.63, 3.8) is 0 Å². The van der Waals surface area contributed by atoms with Crippen LogP contribution in [-0.2, 0) is 4.74 Å². The number of hydrogen-bond acceptors (Lipinski definition) is 4. The zero-order valence-corrected chi connectivity index (χ0v) is 17.2. The van der Waals surface area contributed by atoms with Crippen molar-refractivity contribution in [1.29, 1.82) is 0 Å². The van der Waals surface area contributed by atoms with Gasteiger partial charge in [-0.15, -0.1) is 0 Å². The average Bonchev–Trinajstić information content (AvgIpc) is 3.14. The van der Waals surface area contributed by atoms with E-state index in [4.69, 9.17) is 10.5 Å². The molecule has 1 aromatic heterocycles. The van der Waals surface area contributed by atoms with Gasteiger partial charge in [0.05, 0.1) is 23.5 Å². The van der Waals surface area contributed by atoms with Crippen LogP contribution in [0.2, 0.25) is 0 Å². The number of nitrogen functional groups attached to an aromatic ring is 1. The van der Waals surface area contributed by atoms with E-state index in [9.17, 15) is 4.79 Å². The molecule has 2 N–H and O–H groups in total. The van der Waals surface area contributed by atoms with Crippen molar-refractivity contribution in [2.24, 2.45) is 0 Å². The number of aromatic nitrogens is 1. The van der Waals surface area contributed by atoms with Crippen molar-refractivity contribution in [2.75, 3.05) is 24.3 Å². The van der Waals surface area contributed by atoms with E-state index in [0.717, 1.165) is 28.0 Å². The fourth-order valence-electron chi connectivity index (χ4n) is 4.46. The van der Waals surface area contributed by atoms with Crippen LogP contribution in [0.4, 0.5) is 11.4 Å². The van der Waals surface area contributed by atoms with Crippen LogP contribution in [-0.4, -0.2) is 30.2 Å². The van der Waals surface area contributed by atoms with Crippen molar-refractivity contribution < 1.29 is 9.53 Å². The SMILES string of the molecule is CCOC(=O)c1cc2ccccc2n1-c1ccc(N(C)C2CCCCC2)c(N)c1. The molecule has 5 heteroatoms. The molecule has 1 fully saturated rings. The quantitative estimate of drug-likeness (QED) is 0.482. The second-order valence-electron chi connectivity index (χ2n) is 7.79. The summed E-state index contributed by atoms with van der Waals surface area (Å²) in [5.74, 6) is -0.328. The first-order valence-corrected chi connectivity index (χ1v) is 10.5. The maximum atomic E-state index is 12.6. The number of carbonyl (C=O) groups is 1. The minimum absolute atomic E-state index is 0.328. The third kappa shape index (κ3) is 3.69. The highest BCUT2D eigenvalue weighted by Crippen LogP contribution is 2.33. The molecule has 0 unspecified atom stereocenters. The molecule has 29 heavy (non-hydrogen) atoms. The number of ether oxygens (including phenoxy) is 1. The van der Waals surface area contributed by atoms with Crippen LogP contribution in [0.1, 0.15) is 49.5 Å². The van der Waals surface area contributed by atoms with Crippen LogP contribution >= 0.6 is 0 Å². The average molecular weight is 392 g/mol. The summed E-state index contributed by atoms with van der Waals surface area (Å²) < 4.78 is 7.23. The fraction of sp³-hybridized carbons (Fsp3) is 0.375. The highest BCUT2D eigenvalue weighted by atomic mass is 16.5. The molecule has 1 heterocycles. The summed E-state index contributed by atoms with van der Waals surface area (Å²) in [5.41, 5.74) is 10.6. The van der Waals surface area contributed by atoms with Gasteiger partial charge in [0.1, 0.15) is 5.69 Å². The Morgan fingerprint density at radius 1 is 1.14 bits per heavy atom. The zero-order chi connectivity index (χ0) is 20.4. The predicted octanol–water partition coefficient (Wildman–Crippen LogP) is 5.16. The second kappa shape index (κ2) is 8.19. The van der Waals surface area contributed by atoms with E-state index in [1.807, 2.05) is 54.0 Å². The second-order valence-corrected chi connectivity index (χ2v) is 7.79. The molecule has 0 amide bonds. The van der Waals surface area contributed by atoms with Gasteiger partial charge in [0.25, 0.3) is 0 Å². The first-order valence-electron chi connectivity index (χ1n) is 10.5. The Morgan fingerprint density at radius 3 is 2.62 bits per heavy atom. The van der Waals surface area contributed by atoms with Gasteiger partial charge < -0.3 is 19.9 Å². The third-order valence-corrected chi connectivity index (χ3v) is 5.97. The molecule has 3 aromatic rings. The van der Waals surface area contributed by atoms with Crippen LogP contribution < -0.4 is 10.6 Å². The van der Waals surface area contributed by atoms with Gasteiger partial charge in [-0.3, -0.25) is 0 Å². The van der Waals surface area contributed by atoms with Crippen LogP contribution in [0.3, 0.4) is 0 Å². The van der Waals surface area contributed by atoms with E-state index in [2.05, 4.69) is 18.0 Å². The number of nitrogens with zero attached hydrogens (tertiary/aromatic N) is 2. The van der Waals surface area contributed by atoms with Crippen molar-refractivity contribution in [3.05, 3.63) is 54.2 Å². The molecule has 1 saturated carbocycles. The van der Waals surface area contributed by atoms with E-state index in [-0.39, 0.29) is 5.97 Å². The maximum absolute atomic E-state index is 12.6. The third-order valence-electron chi connectivity index (χ3n) is 5.97. The highest BCUT2D eigenvalue weighted by molar-refractivity contribution is 5.97. The first-order chi connectivity index (χ1) is 14.1. The lowest BCUT2D eigenvalue weighted by Crippen LogP contribution is -2.33. The number of benzene rings is 2. The normalized spacial score (nSPS) is 14.8. The van der Waals surface area contributed by atoms with Gasteiger partial charge in [-0.05, 0) is 50.1 Å². The molecule has 152 valence electrons. The molecule has 2 aromatic carbocycles. The number of fused-ring (bicyclic) bond motifs is 1. The Kier molecular flexibility index (Phi) is 5.47. The lowest BCUT2D eigenvalue weighted by atomic mass is 9.94. The number of rotatable bonds is 5. The number of carbonyl (C=O) groups excluding carboxylic acids is 1. The van der Waals surface area contributed by atoms with Crippen molar-refractivity contribution in [2.45, 2.75) is 45.1 Å². The molecule has 1 aliphatic rings. The van der Waals surface area contributed by atoms with Crippen LogP contribution in [0.5, 0.6) is 0 Å². The van der Waals surface area contributed by atoms with E-state index >= 15 is 0 Å². The van der Waals surface area contributed by atoms with E-state index < -0.39 is 0 Å². The van der Waals surface area contributed by atoms with E-state index in [1.165, 1.54) is 32.1 Å². The van der Waals surface area contributed by atoms with Gasteiger partial charge in [0, 0.05) is 24.2 Å². The number of nitrogens with two attached hydrogens (primary N) is 1. The molecule has 0 radical (unpaired) electrons. The summed E-state index contributed by atoms with van der Waals surface area (Å²) in [6.07, 6.45) is 6.33. The largest absolute Gasteiger partial charge is 0.461 e. The van der Waals surface area contributed by atoms with Crippen LogP contribution in [0.25, 0.3) is 16.6 Å². The summed E-state index contributed by atoms with van der Waals surface area (Å²) in [7, 11) is 2.14. The molecular formula is C24H29N3O2. The predicted molar refractivity (Wildman–Crippen MR) is 119 cm³/mol. The zero-order valence-electron chi connectivity index (χ0n) is 17.2. The lowest BCUT2D eigenvalue weighted by molar-refractivity contribution is 0.0517. The number of para-hydroxylation sites is 1. The summed E-state index contributed by atoms with van der Waals surface area (Å²) in [6, 6.07) is 16.5. The van der Waals surface area contributed by atoms with Crippen molar-refractivity contribution in [3.8, 4) is 5.69 Å². The molecule has 1 aliphatic carbocycles. The summed E-state index contributed by atoms with van der Waals surface area (Å²) >= 11 is 0. The number of hydrogen-bond donors (Lipinski definition) is 1. The van der Waals surface area contributed by atoms with E-state index in [0.29, 0.717) is 18.3 Å². The molecule has 0 saturated heterocycles. The van der Waals surface area contributed by atoms with Crippen LogP contribution in [0.15, 0.2) is 48.5 Å².